The smallest absolute Gasteiger partial charge is 0.236 e. The zero-order valence-electron chi connectivity index (χ0n) is 17.6. The second kappa shape index (κ2) is 10.3. The average molecular weight is 467 g/mol. The number of aromatic nitrogens is 3. The van der Waals surface area contributed by atoms with Crippen molar-refractivity contribution >= 4 is 34.1 Å². The van der Waals surface area contributed by atoms with Crippen LogP contribution in [0, 0.1) is 0 Å². The number of anilines is 1. The van der Waals surface area contributed by atoms with Crippen molar-refractivity contribution in [3.63, 3.8) is 0 Å². The Morgan fingerprint density at radius 3 is 2.53 bits per heavy atom. The number of hydrogen-bond acceptors (Lipinski definition) is 7. The summed E-state index contributed by atoms with van der Waals surface area (Å²) in [7, 11) is 1.64. The van der Waals surface area contributed by atoms with Crippen LogP contribution in [-0.4, -0.2) is 39.9 Å². The van der Waals surface area contributed by atoms with Crippen molar-refractivity contribution in [2.75, 3.05) is 24.8 Å². The molecule has 4 rings (SSSR count). The van der Waals surface area contributed by atoms with E-state index in [9.17, 15) is 4.79 Å². The van der Waals surface area contributed by atoms with Crippen molar-refractivity contribution in [1.29, 1.82) is 0 Å². The van der Waals surface area contributed by atoms with Crippen LogP contribution in [0.25, 0.3) is 16.9 Å². The first-order chi connectivity index (χ1) is 15.7. The number of methoxy groups -OCH3 is 1. The van der Waals surface area contributed by atoms with Crippen LogP contribution in [-0.2, 0) is 4.79 Å². The Kier molecular flexibility index (Phi) is 7.08. The van der Waals surface area contributed by atoms with Gasteiger partial charge in [0.2, 0.25) is 5.91 Å². The van der Waals surface area contributed by atoms with Gasteiger partial charge < -0.3 is 14.8 Å². The van der Waals surface area contributed by atoms with Crippen LogP contribution in [0.15, 0.2) is 71.5 Å². The van der Waals surface area contributed by atoms with Crippen molar-refractivity contribution in [3.8, 4) is 28.4 Å². The first-order valence-electron chi connectivity index (χ1n) is 9.95. The predicted octanol–water partition coefficient (Wildman–Crippen LogP) is 5.13. The van der Waals surface area contributed by atoms with Crippen LogP contribution in [0.3, 0.4) is 0 Å². The summed E-state index contributed by atoms with van der Waals surface area (Å²) < 4.78 is 12.8. The van der Waals surface area contributed by atoms with Crippen LogP contribution in [0.2, 0.25) is 0 Å². The molecule has 7 nitrogen and oxygen atoms in total. The van der Waals surface area contributed by atoms with E-state index in [0.29, 0.717) is 16.9 Å². The number of thiazole rings is 1. The fourth-order valence-corrected chi connectivity index (χ4v) is 4.33. The molecule has 0 aliphatic carbocycles. The molecule has 2 heterocycles. The van der Waals surface area contributed by atoms with Gasteiger partial charge in [-0.05, 0) is 55.5 Å². The Hall–Kier alpha value is -3.30. The Balaban J connectivity index is 1.59. The third-order valence-corrected chi connectivity index (χ3v) is 6.14. The lowest BCUT2D eigenvalue weighted by Gasteiger charge is -2.08. The summed E-state index contributed by atoms with van der Waals surface area (Å²) in [5, 5.41) is 5.93. The number of ether oxygens (including phenoxy) is 2. The van der Waals surface area contributed by atoms with E-state index in [1.54, 1.807) is 13.3 Å². The van der Waals surface area contributed by atoms with E-state index in [2.05, 4.69) is 10.3 Å². The van der Waals surface area contributed by atoms with E-state index in [4.69, 9.17) is 14.5 Å². The number of carbonyl (C=O) groups excluding carboxylic acids is 1. The monoisotopic (exact) mass is 466 g/mol. The van der Waals surface area contributed by atoms with Crippen molar-refractivity contribution in [2.45, 2.75) is 12.1 Å². The zero-order chi connectivity index (χ0) is 22.3. The molecule has 0 fully saturated rings. The minimum Gasteiger partial charge on any atom is -0.497 e. The average Bonchev–Trinajstić information content (AvgIpc) is 3.48. The lowest BCUT2D eigenvalue weighted by Crippen LogP contribution is -2.14. The van der Waals surface area contributed by atoms with Gasteiger partial charge in [0.05, 0.1) is 25.2 Å². The van der Waals surface area contributed by atoms with Crippen molar-refractivity contribution in [3.05, 3.63) is 66.3 Å². The Bertz CT molecular complexity index is 1160. The Morgan fingerprint density at radius 2 is 1.88 bits per heavy atom. The highest BCUT2D eigenvalue weighted by Crippen LogP contribution is 2.29. The quantitative estimate of drug-likeness (QED) is 0.345. The fraction of sp³-hybridized carbons (Fsp3) is 0.174. The molecule has 0 aliphatic heterocycles. The third-order valence-electron chi connectivity index (χ3n) is 4.50. The largest absolute Gasteiger partial charge is 0.497 e. The van der Waals surface area contributed by atoms with Gasteiger partial charge in [0.15, 0.2) is 10.3 Å². The van der Waals surface area contributed by atoms with E-state index in [-0.39, 0.29) is 11.7 Å². The second-order valence-electron chi connectivity index (χ2n) is 6.61. The summed E-state index contributed by atoms with van der Waals surface area (Å²) in [5.41, 5.74) is 2.71. The fourth-order valence-electron chi connectivity index (χ4n) is 2.99. The molecule has 0 saturated carbocycles. The van der Waals surface area contributed by atoms with Gasteiger partial charge in [0, 0.05) is 29.0 Å². The molecule has 1 N–H and O–H groups in total. The zero-order valence-corrected chi connectivity index (χ0v) is 19.3. The summed E-state index contributed by atoms with van der Waals surface area (Å²) >= 11 is 2.76. The molecule has 2 aromatic carbocycles. The molecule has 0 radical (unpaired) electrons. The molecule has 2 aromatic heterocycles. The molecule has 0 saturated heterocycles. The third kappa shape index (κ3) is 5.30. The molecule has 4 aromatic rings. The van der Waals surface area contributed by atoms with Crippen LogP contribution in [0.5, 0.6) is 11.5 Å². The van der Waals surface area contributed by atoms with E-state index in [1.165, 1.54) is 23.1 Å². The number of nitrogens with zero attached hydrogens (tertiary/aromatic N) is 3. The maximum Gasteiger partial charge on any atom is 0.236 e. The highest BCUT2D eigenvalue weighted by molar-refractivity contribution is 7.99. The predicted molar refractivity (Wildman–Crippen MR) is 128 cm³/mol. The first-order valence-corrected chi connectivity index (χ1v) is 11.8. The molecule has 164 valence electrons. The van der Waals surface area contributed by atoms with Crippen LogP contribution >= 0.6 is 23.1 Å². The highest BCUT2D eigenvalue weighted by Gasteiger charge is 2.15. The molecule has 0 aliphatic rings. The molecule has 1 amide bonds. The van der Waals surface area contributed by atoms with E-state index in [1.807, 2.05) is 71.6 Å². The minimum absolute atomic E-state index is 0.128. The van der Waals surface area contributed by atoms with Gasteiger partial charge in [0.25, 0.3) is 0 Å². The molecular formula is C23H22N4O3S2. The van der Waals surface area contributed by atoms with Crippen LogP contribution < -0.4 is 14.8 Å². The van der Waals surface area contributed by atoms with E-state index >= 15 is 0 Å². The highest BCUT2D eigenvalue weighted by atomic mass is 32.2. The van der Waals surface area contributed by atoms with Crippen molar-refractivity contribution < 1.29 is 14.3 Å². The normalized spacial score (nSPS) is 10.7. The number of imidazole rings is 1. The number of thioether (sulfide) groups is 1. The molecule has 0 atom stereocenters. The summed E-state index contributed by atoms with van der Waals surface area (Å²) in [6.07, 6.45) is 3.63. The molecule has 9 heteroatoms. The summed E-state index contributed by atoms with van der Waals surface area (Å²) in [5.74, 6) is 1.68. The van der Waals surface area contributed by atoms with Gasteiger partial charge in [0.1, 0.15) is 11.5 Å². The van der Waals surface area contributed by atoms with Crippen molar-refractivity contribution in [1.82, 2.24) is 14.5 Å². The number of nitrogens with one attached hydrogen (secondary N) is 1. The second-order valence-corrected chi connectivity index (χ2v) is 8.45. The van der Waals surface area contributed by atoms with Gasteiger partial charge >= 0.3 is 0 Å². The van der Waals surface area contributed by atoms with Gasteiger partial charge in [-0.3, -0.25) is 9.36 Å². The van der Waals surface area contributed by atoms with Gasteiger partial charge in [-0.2, -0.15) is 0 Å². The minimum atomic E-state index is -0.128. The standard InChI is InChI=1S/C23H22N4O3S2/c1-3-30-19-8-4-16(5-9-19)20-14-27(17-6-10-18(29-2)11-7-17)23(25-20)32-15-21(28)26-22-24-12-13-31-22/h4-14H,3,15H2,1-2H3,(H,24,26,28). The first kappa shape index (κ1) is 21.9. The maximum atomic E-state index is 12.4. The topological polar surface area (TPSA) is 78.3 Å². The molecule has 0 bridgehead atoms. The number of rotatable bonds is 9. The Morgan fingerprint density at radius 1 is 1.12 bits per heavy atom. The number of amides is 1. The van der Waals surface area contributed by atoms with Gasteiger partial charge in [-0.1, -0.05) is 11.8 Å². The maximum absolute atomic E-state index is 12.4. The number of hydrogen-bond donors (Lipinski definition) is 1. The van der Waals surface area contributed by atoms with E-state index < -0.39 is 0 Å². The molecule has 32 heavy (non-hydrogen) atoms. The summed E-state index contributed by atoms with van der Waals surface area (Å²) in [4.78, 5) is 21.3. The lowest BCUT2D eigenvalue weighted by molar-refractivity contribution is -0.113. The van der Waals surface area contributed by atoms with Gasteiger partial charge in [-0.25, -0.2) is 9.97 Å². The number of carbonyl (C=O) groups is 1. The Labute approximate surface area is 194 Å². The SMILES string of the molecule is CCOc1ccc(-c2cn(-c3ccc(OC)cc3)c(SCC(=O)Nc3nccs3)n2)cc1. The van der Waals surface area contributed by atoms with Crippen LogP contribution in [0.1, 0.15) is 6.92 Å². The molecule has 0 spiro atoms. The summed E-state index contributed by atoms with van der Waals surface area (Å²) in [6.45, 7) is 2.58. The molecule has 0 unspecified atom stereocenters. The number of benzene rings is 2. The lowest BCUT2D eigenvalue weighted by atomic mass is 10.1. The van der Waals surface area contributed by atoms with Gasteiger partial charge in [-0.15, -0.1) is 11.3 Å². The van der Waals surface area contributed by atoms with Crippen LogP contribution in [0.4, 0.5) is 5.13 Å². The molecular weight excluding hydrogens is 444 g/mol. The summed E-state index contributed by atoms with van der Waals surface area (Å²) in [6, 6.07) is 15.5. The van der Waals surface area contributed by atoms with E-state index in [0.717, 1.165) is 28.4 Å². The van der Waals surface area contributed by atoms with Crippen molar-refractivity contribution in [2.24, 2.45) is 0 Å².